The number of esters is 3. The maximum absolute atomic E-state index is 12.6. The number of benzene rings is 1. The number of carbonyl (C=O) groups excluding carboxylic acids is 4. The highest BCUT2D eigenvalue weighted by molar-refractivity contribution is 5.77. The van der Waals surface area contributed by atoms with Gasteiger partial charge in [0.25, 0.3) is 0 Å². The molecule has 1 aromatic rings. The predicted molar refractivity (Wildman–Crippen MR) is 150 cm³/mol. The molecule has 0 saturated carbocycles. The molecule has 0 radical (unpaired) electrons. The van der Waals surface area contributed by atoms with Crippen LogP contribution in [0.4, 0.5) is 4.79 Å². The Balaban J connectivity index is 2.97. The first-order valence-electron chi connectivity index (χ1n) is 14.2. The molecule has 1 aromatic carbocycles. The number of methoxy groups -OCH3 is 1. The van der Waals surface area contributed by atoms with Crippen LogP contribution in [0.5, 0.6) is 11.5 Å². The second-order valence-corrected chi connectivity index (χ2v) is 10.2. The first-order valence-corrected chi connectivity index (χ1v) is 14.2. The number of nitrogens with one attached hydrogen (secondary N) is 1. The van der Waals surface area contributed by atoms with Crippen molar-refractivity contribution >= 4 is 24.1 Å². The van der Waals surface area contributed by atoms with E-state index in [0.29, 0.717) is 5.56 Å². The summed E-state index contributed by atoms with van der Waals surface area (Å²) in [6.07, 6.45) is 2.90. The fraction of sp³-hybridized carbons (Fsp3) is 0.667. The summed E-state index contributed by atoms with van der Waals surface area (Å²) in [5.41, 5.74) is 0.643. The van der Waals surface area contributed by atoms with Crippen LogP contribution in [-0.2, 0) is 35.0 Å². The molecule has 40 heavy (non-hydrogen) atoms. The van der Waals surface area contributed by atoms with Gasteiger partial charge in [-0.15, -0.1) is 0 Å². The smallest absolute Gasteiger partial charge is 0.468 e. The summed E-state index contributed by atoms with van der Waals surface area (Å²) in [7, 11) is 1.28. The number of hydrogen-bond donors (Lipinski definition) is 1. The Kier molecular flexibility index (Phi) is 16.6. The molecule has 1 rings (SSSR count). The van der Waals surface area contributed by atoms with Gasteiger partial charge in [0, 0.05) is 19.4 Å². The monoisotopic (exact) mass is 565 g/mol. The molecule has 3 unspecified atom stereocenters. The van der Waals surface area contributed by atoms with E-state index in [2.05, 4.69) is 5.32 Å². The molecule has 0 aliphatic heterocycles. The lowest BCUT2D eigenvalue weighted by Crippen LogP contribution is -2.41. The maximum atomic E-state index is 12.6. The maximum Gasteiger partial charge on any atom is 0.508 e. The fourth-order valence-electron chi connectivity index (χ4n) is 3.68. The summed E-state index contributed by atoms with van der Waals surface area (Å²) in [5, 5.41) is 3.02. The standard InChI is InChI=1S/C30H47NO9/c1-8-11-22(6)38-30(35)37-15-14-31-24(29(34)36-7)18-23-12-13-25(39-27(32)16-20(4)9-2)26(19-23)40-28(33)17-21(5)10-3/h12-13,19-22,24,31H,8-11,14-18H2,1-7H3/t20?,21?,22?,24-/m0/s1. The molecule has 0 spiro atoms. The Bertz CT molecular complexity index is 949. The minimum atomic E-state index is -0.772. The highest BCUT2D eigenvalue weighted by Crippen LogP contribution is 2.31. The van der Waals surface area contributed by atoms with Gasteiger partial charge in [0.15, 0.2) is 11.5 Å². The van der Waals surface area contributed by atoms with Crippen LogP contribution < -0.4 is 14.8 Å². The van der Waals surface area contributed by atoms with Crippen LogP contribution >= 0.6 is 0 Å². The van der Waals surface area contributed by atoms with Gasteiger partial charge in [-0.25, -0.2) is 4.79 Å². The number of hydrogen-bond acceptors (Lipinski definition) is 10. The van der Waals surface area contributed by atoms with Crippen molar-refractivity contribution in [1.29, 1.82) is 0 Å². The van der Waals surface area contributed by atoms with E-state index in [-0.39, 0.29) is 61.9 Å². The summed E-state index contributed by atoms with van der Waals surface area (Å²) in [6, 6.07) is 4.06. The van der Waals surface area contributed by atoms with E-state index in [1.807, 2.05) is 34.6 Å². The van der Waals surface area contributed by atoms with Crippen LogP contribution in [0, 0.1) is 11.8 Å². The SMILES string of the molecule is CCCC(C)OC(=O)OCCN[C@@H](Cc1ccc(OC(=O)CC(C)CC)c(OC(=O)CC(C)CC)c1)C(=O)OC. The van der Waals surface area contributed by atoms with Crippen molar-refractivity contribution in [1.82, 2.24) is 5.32 Å². The Morgan fingerprint density at radius 1 is 0.875 bits per heavy atom. The molecule has 0 aliphatic carbocycles. The van der Waals surface area contributed by atoms with Gasteiger partial charge < -0.3 is 29.0 Å². The van der Waals surface area contributed by atoms with E-state index in [1.165, 1.54) is 7.11 Å². The van der Waals surface area contributed by atoms with Gasteiger partial charge in [-0.3, -0.25) is 14.4 Å². The molecule has 10 nitrogen and oxygen atoms in total. The van der Waals surface area contributed by atoms with Crippen LogP contribution in [-0.4, -0.2) is 56.5 Å². The summed E-state index contributed by atoms with van der Waals surface area (Å²) in [6.45, 7) is 11.9. The van der Waals surface area contributed by atoms with Crippen LogP contribution in [0.25, 0.3) is 0 Å². The van der Waals surface area contributed by atoms with Gasteiger partial charge in [0.05, 0.1) is 7.11 Å². The fourth-order valence-corrected chi connectivity index (χ4v) is 3.68. The minimum absolute atomic E-state index is 0.00524. The Hall–Kier alpha value is -3.14. The third-order valence-electron chi connectivity index (χ3n) is 6.51. The summed E-state index contributed by atoms with van der Waals surface area (Å²) in [4.78, 5) is 49.3. The molecule has 4 atom stereocenters. The second-order valence-electron chi connectivity index (χ2n) is 10.2. The molecule has 0 amide bonds. The molecule has 226 valence electrons. The minimum Gasteiger partial charge on any atom is -0.468 e. The molecule has 0 aliphatic rings. The lowest BCUT2D eigenvalue weighted by atomic mass is 10.0. The predicted octanol–water partition coefficient (Wildman–Crippen LogP) is 5.39. The van der Waals surface area contributed by atoms with Crippen molar-refractivity contribution in [2.75, 3.05) is 20.3 Å². The van der Waals surface area contributed by atoms with E-state index in [4.69, 9.17) is 23.7 Å². The molecular formula is C30H47NO9. The average Bonchev–Trinajstić information content (AvgIpc) is 2.90. The van der Waals surface area contributed by atoms with Gasteiger partial charge in [-0.2, -0.15) is 0 Å². The normalized spacial score (nSPS) is 13.9. The van der Waals surface area contributed by atoms with Gasteiger partial charge in [0.1, 0.15) is 18.8 Å². The Morgan fingerprint density at radius 2 is 1.48 bits per heavy atom. The number of rotatable bonds is 18. The van der Waals surface area contributed by atoms with E-state index in [0.717, 1.165) is 25.7 Å². The quantitative estimate of drug-likeness (QED) is 0.141. The highest BCUT2D eigenvalue weighted by atomic mass is 16.7. The molecule has 0 bridgehead atoms. The molecule has 0 heterocycles. The van der Waals surface area contributed by atoms with Crippen LogP contribution in [0.15, 0.2) is 18.2 Å². The van der Waals surface area contributed by atoms with E-state index in [1.54, 1.807) is 25.1 Å². The van der Waals surface area contributed by atoms with Crippen molar-refractivity contribution in [3.63, 3.8) is 0 Å². The molecule has 0 aromatic heterocycles. The number of ether oxygens (including phenoxy) is 5. The first kappa shape index (κ1) is 34.9. The van der Waals surface area contributed by atoms with Crippen LogP contribution in [0.1, 0.15) is 85.6 Å². The Labute approximate surface area is 238 Å². The number of carbonyl (C=O) groups is 4. The van der Waals surface area contributed by atoms with Crippen LogP contribution in [0.2, 0.25) is 0 Å². The summed E-state index contributed by atoms with van der Waals surface area (Å²) < 4.78 is 26.3. The van der Waals surface area contributed by atoms with Crippen molar-refractivity contribution in [2.45, 2.75) is 98.6 Å². The second kappa shape index (κ2) is 19.0. The molecule has 1 N–H and O–H groups in total. The molecule has 10 heteroatoms. The molecular weight excluding hydrogens is 518 g/mol. The third-order valence-corrected chi connectivity index (χ3v) is 6.51. The first-order chi connectivity index (χ1) is 19.0. The third kappa shape index (κ3) is 13.8. The van der Waals surface area contributed by atoms with Gasteiger partial charge >= 0.3 is 24.1 Å². The molecule has 0 fully saturated rings. The zero-order chi connectivity index (χ0) is 30.1. The summed E-state index contributed by atoms with van der Waals surface area (Å²) in [5.74, 6) is -0.835. The summed E-state index contributed by atoms with van der Waals surface area (Å²) >= 11 is 0. The van der Waals surface area contributed by atoms with E-state index >= 15 is 0 Å². The topological polar surface area (TPSA) is 126 Å². The van der Waals surface area contributed by atoms with Crippen molar-refractivity contribution in [3.05, 3.63) is 23.8 Å². The van der Waals surface area contributed by atoms with E-state index in [9.17, 15) is 19.2 Å². The zero-order valence-corrected chi connectivity index (χ0v) is 25.1. The van der Waals surface area contributed by atoms with Crippen molar-refractivity contribution in [2.24, 2.45) is 11.8 Å². The Morgan fingerprint density at radius 3 is 2.02 bits per heavy atom. The van der Waals surface area contributed by atoms with Gasteiger partial charge in [-0.1, -0.05) is 59.9 Å². The van der Waals surface area contributed by atoms with Crippen LogP contribution in [0.3, 0.4) is 0 Å². The van der Waals surface area contributed by atoms with Gasteiger partial charge in [-0.05, 0) is 49.3 Å². The zero-order valence-electron chi connectivity index (χ0n) is 25.1. The van der Waals surface area contributed by atoms with Crippen molar-refractivity contribution in [3.8, 4) is 11.5 Å². The van der Waals surface area contributed by atoms with E-state index < -0.39 is 30.1 Å². The van der Waals surface area contributed by atoms with Crippen molar-refractivity contribution < 1.29 is 42.9 Å². The molecule has 0 saturated heterocycles. The lowest BCUT2D eigenvalue weighted by Gasteiger charge is -2.18. The lowest BCUT2D eigenvalue weighted by molar-refractivity contribution is -0.143. The largest absolute Gasteiger partial charge is 0.508 e. The highest BCUT2D eigenvalue weighted by Gasteiger charge is 2.22. The average molecular weight is 566 g/mol. The van der Waals surface area contributed by atoms with Gasteiger partial charge in [0.2, 0.25) is 0 Å².